The molecule has 0 aromatic carbocycles. The summed E-state index contributed by atoms with van der Waals surface area (Å²) in [5, 5.41) is 0. The fourth-order valence-electron chi connectivity index (χ4n) is 2.34. The number of hydrogen-bond donors (Lipinski definition) is 0. The van der Waals surface area contributed by atoms with Crippen molar-refractivity contribution in [1.82, 2.24) is 0 Å². The van der Waals surface area contributed by atoms with Crippen molar-refractivity contribution in [3.8, 4) is 0 Å². The highest BCUT2D eigenvalue weighted by molar-refractivity contribution is 5.90. The summed E-state index contributed by atoms with van der Waals surface area (Å²) in [5.74, 6) is -23.7. The van der Waals surface area contributed by atoms with E-state index in [2.05, 4.69) is 59.5 Å². The van der Waals surface area contributed by atoms with Crippen molar-refractivity contribution in [1.29, 1.82) is 0 Å². The average molecular weight is 706 g/mol. The number of alkyl halides is 10. The Labute approximate surface area is 259 Å². The summed E-state index contributed by atoms with van der Waals surface area (Å²) in [6.07, 6.45) is -9.43. The Kier molecular flexibility index (Phi) is 16.6. The van der Waals surface area contributed by atoms with Crippen LogP contribution in [-0.2, 0) is 52.3 Å². The number of halogens is 10. The van der Waals surface area contributed by atoms with Gasteiger partial charge in [-0.2, -0.15) is 35.1 Å². The molecule has 0 fully saturated rings. The number of ether oxygens (including phenoxy) is 7. The fourth-order valence-corrected chi connectivity index (χ4v) is 2.34. The smallest absolute Gasteiger partial charge is 0.423 e. The second-order valence-corrected chi connectivity index (χ2v) is 8.82. The predicted octanol–water partition coefficient (Wildman–Crippen LogP) is 3.83. The van der Waals surface area contributed by atoms with E-state index in [1.165, 1.54) is 0 Å². The van der Waals surface area contributed by atoms with Gasteiger partial charge in [-0.25, -0.2) is 18.4 Å². The van der Waals surface area contributed by atoms with E-state index in [-0.39, 0.29) is 0 Å². The number of rotatable bonds is 26. The lowest BCUT2D eigenvalue weighted by Crippen LogP contribution is -2.51. The molecule has 0 heterocycles. The zero-order valence-corrected chi connectivity index (χ0v) is 24.1. The maximum Gasteiger partial charge on any atom is 0.423 e. The molecule has 2 unspecified atom stereocenters. The Hall–Kier alpha value is -3.66. The van der Waals surface area contributed by atoms with Crippen LogP contribution in [0.25, 0.3) is 0 Å². The first-order valence-electron chi connectivity index (χ1n) is 12.4. The molecule has 0 saturated heterocycles. The van der Waals surface area contributed by atoms with Crippen LogP contribution >= 0.6 is 0 Å². The highest BCUT2D eigenvalue weighted by Gasteiger charge is 2.61. The van der Waals surface area contributed by atoms with Crippen molar-refractivity contribution in [2.75, 3.05) is 52.9 Å². The third-order valence-electron chi connectivity index (χ3n) is 4.95. The van der Waals surface area contributed by atoms with Crippen LogP contribution in [0.15, 0.2) is 50.6 Å². The monoisotopic (exact) mass is 706 g/mol. The second-order valence-electron chi connectivity index (χ2n) is 8.82. The lowest BCUT2D eigenvalue weighted by atomic mass is 10.3. The Morgan fingerprint density at radius 1 is 0.468 bits per heavy atom. The number of carbonyl (C=O) groups is 4. The van der Waals surface area contributed by atoms with Crippen molar-refractivity contribution in [3.05, 3.63) is 50.6 Å². The van der Waals surface area contributed by atoms with E-state index in [0.717, 1.165) is 0 Å². The molecule has 0 rings (SSSR count). The SMILES string of the molecule is C=CC(=O)COC(F)(COCC(F)(COC(F)(F)C(F)(F)COC(=O)C=C)OCC(=O)C=C)COC(F)(F)C(F)(F)COC(=O)C=C. The maximum atomic E-state index is 15.4. The molecular formula is C26H28F10O11. The van der Waals surface area contributed by atoms with Crippen molar-refractivity contribution >= 4 is 23.5 Å². The zero-order chi connectivity index (χ0) is 36.7. The zero-order valence-electron chi connectivity index (χ0n) is 24.1. The molecule has 0 amide bonds. The largest absolute Gasteiger partial charge is 0.456 e. The van der Waals surface area contributed by atoms with E-state index in [4.69, 9.17) is 0 Å². The molecule has 0 radical (unpaired) electrons. The molecule has 2 atom stereocenters. The van der Waals surface area contributed by atoms with Crippen LogP contribution in [0.1, 0.15) is 0 Å². The number of esters is 2. The molecule has 0 aliphatic heterocycles. The van der Waals surface area contributed by atoms with Gasteiger partial charge >= 0.3 is 36.0 Å². The minimum Gasteiger partial charge on any atom is -0.456 e. The van der Waals surface area contributed by atoms with Crippen molar-refractivity contribution in [2.24, 2.45) is 0 Å². The van der Waals surface area contributed by atoms with E-state index in [0.29, 0.717) is 24.3 Å². The molecule has 0 spiro atoms. The third kappa shape index (κ3) is 14.8. The summed E-state index contributed by atoms with van der Waals surface area (Å²) in [4.78, 5) is 44.8. The molecule has 268 valence electrons. The average Bonchev–Trinajstić information content (AvgIpc) is 3.01. The van der Waals surface area contributed by atoms with Gasteiger partial charge in [-0.15, -0.1) is 0 Å². The van der Waals surface area contributed by atoms with Crippen LogP contribution in [0, 0.1) is 0 Å². The molecule has 0 aliphatic rings. The molecule has 0 aliphatic carbocycles. The highest BCUT2D eigenvalue weighted by atomic mass is 19.3. The van der Waals surface area contributed by atoms with E-state index in [1.54, 1.807) is 0 Å². The van der Waals surface area contributed by atoms with Gasteiger partial charge in [0.2, 0.25) is 0 Å². The summed E-state index contributed by atoms with van der Waals surface area (Å²) in [6, 6.07) is 0. The van der Waals surface area contributed by atoms with Gasteiger partial charge in [-0.1, -0.05) is 26.3 Å². The summed E-state index contributed by atoms with van der Waals surface area (Å²) < 4.78 is 171. The van der Waals surface area contributed by atoms with Gasteiger partial charge in [-0.05, 0) is 12.2 Å². The number of hydrogen-bond acceptors (Lipinski definition) is 11. The van der Waals surface area contributed by atoms with Gasteiger partial charge in [0.25, 0.3) is 11.7 Å². The Morgan fingerprint density at radius 3 is 1.06 bits per heavy atom. The Morgan fingerprint density at radius 2 is 0.787 bits per heavy atom. The van der Waals surface area contributed by atoms with Gasteiger partial charge in [-0.3, -0.25) is 9.59 Å². The molecule has 0 aromatic heterocycles. The first-order chi connectivity index (χ1) is 21.4. The summed E-state index contributed by atoms with van der Waals surface area (Å²) in [6.45, 7) is -3.71. The van der Waals surface area contributed by atoms with Gasteiger partial charge in [0.1, 0.15) is 39.6 Å². The topological polar surface area (TPSA) is 133 Å². The van der Waals surface area contributed by atoms with Crippen molar-refractivity contribution in [2.45, 2.75) is 35.8 Å². The maximum absolute atomic E-state index is 15.4. The molecule has 11 nitrogen and oxygen atoms in total. The van der Waals surface area contributed by atoms with Crippen LogP contribution < -0.4 is 0 Å². The normalized spacial score (nSPS) is 15.0. The minimum atomic E-state index is -5.61. The van der Waals surface area contributed by atoms with Crippen LogP contribution in [0.4, 0.5) is 43.9 Å². The molecule has 0 saturated carbocycles. The summed E-state index contributed by atoms with van der Waals surface area (Å²) >= 11 is 0. The molecule has 47 heavy (non-hydrogen) atoms. The van der Waals surface area contributed by atoms with E-state index < -0.39 is 112 Å². The first-order valence-corrected chi connectivity index (χ1v) is 12.4. The molecule has 0 bridgehead atoms. The van der Waals surface area contributed by atoms with Crippen LogP contribution in [0.3, 0.4) is 0 Å². The molecule has 0 N–H and O–H groups in total. The lowest BCUT2D eigenvalue weighted by Gasteiger charge is -2.32. The number of carbonyl (C=O) groups excluding carboxylic acids is 4. The Bertz CT molecular complexity index is 1060. The van der Waals surface area contributed by atoms with Crippen LogP contribution in [0.5, 0.6) is 0 Å². The highest BCUT2D eigenvalue weighted by Crippen LogP contribution is 2.38. The van der Waals surface area contributed by atoms with Gasteiger partial charge in [0, 0.05) is 12.2 Å². The van der Waals surface area contributed by atoms with Crippen molar-refractivity contribution < 1.29 is 96.2 Å². The van der Waals surface area contributed by atoms with Gasteiger partial charge in [0.15, 0.2) is 24.8 Å². The van der Waals surface area contributed by atoms with Crippen LogP contribution in [0.2, 0.25) is 0 Å². The molecular weight excluding hydrogens is 678 g/mol. The minimum absolute atomic E-state index is 0.351. The van der Waals surface area contributed by atoms with Crippen molar-refractivity contribution in [3.63, 3.8) is 0 Å². The number of ketones is 2. The fraction of sp³-hybridized carbons (Fsp3) is 0.538. The Balaban J connectivity index is 5.91. The van der Waals surface area contributed by atoms with Crippen LogP contribution in [-0.4, -0.2) is 112 Å². The van der Waals surface area contributed by atoms with E-state index >= 15 is 8.78 Å². The summed E-state index contributed by atoms with van der Waals surface area (Å²) in [7, 11) is 0. The summed E-state index contributed by atoms with van der Waals surface area (Å²) in [5.41, 5.74) is 0. The van der Waals surface area contributed by atoms with E-state index in [9.17, 15) is 54.3 Å². The van der Waals surface area contributed by atoms with Gasteiger partial charge < -0.3 is 33.2 Å². The first kappa shape index (κ1) is 43.3. The lowest BCUT2D eigenvalue weighted by molar-refractivity contribution is -0.377. The quantitative estimate of drug-likeness (QED) is 0.0739. The molecule has 0 aromatic rings. The predicted molar refractivity (Wildman–Crippen MR) is 135 cm³/mol. The van der Waals surface area contributed by atoms with Gasteiger partial charge in [0.05, 0.1) is 0 Å². The second kappa shape index (κ2) is 18.0. The van der Waals surface area contributed by atoms with E-state index in [1.807, 2.05) is 0 Å². The standard InChI is InChI=1S/C26H28F10O11/c1-5-17(37)9-44-21(27,13-46-25(33,34)23(29,30)15-42-19(39)7-3)11-41-12-22(28,45-10-18(38)6-2)14-47-26(35,36)24(31,32)16-43-20(40)8-4/h5-8H,1-4,9-16H2. The third-order valence-corrected chi connectivity index (χ3v) is 4.95. The molecule has 21 heteroatoms.